The lowest BCUT2D eigenvalue weighted by molar-refractivity contribution is -0.385. The van der Waals surface area contributed by atoms with Crippen molar-refractivity contribution in [2.24, 2.45) is 5.73 Å². The Labute approximate surface area is 147 Å². The first-order chi connectivity index (χ1) is 11.9. The van der Waals surface area contributed by atoms with E-state index in [0.29, 0.717) is 18.7 Å². The number of para-hydroxylation sites is 1. The molecular formula is C17H16N4O3S. The molecule has 128 valence electrons. The molecule has 0 saturated heterocycles. The number of aromatic nitrogens is 1. The fraction of sp³-hybridized carbons (Fsp3) is 0.176. The van der Waals surface area contributed by atoms with E-state index in [2.05, 4.69) is 4.98 Å². The molecule has 0 bridgehead atoms. The van der Waals surface area contributed by atoms with Crippen LogP contribution in [0.5, 0.6) is 0 Å². The molecule has 0 spiro atoms. The predicted octanol–water partition coefficient (Wildman–Crippen LogP) is 2.94. The van der Waals surface area contributed by atoms with Crippen molar-refractivity contribution in [1.29, 1.82) is 0 Å². The number of primary amides is 1. The van der Waals surface area contributed by atoms with Crippen LogP contribution in [0.2, 0.25) is 0 Å². The van der Waals surface area contributed by atoms with E-state index >= 15 is 0 Å². The highest BCUT2D eigenvalue weighted by Gasteiger charge is 2.18. The number of rotatable bonds is 6. The van der Waals surface area contributed by atoms with Gasteiger partial charge in [0.15, 0.2) is 0 Å². The molecule has 0 atom stereocenters. The number of benzene rings is 2. The number of carbonyl (C=O) groups excluding carboxylic acids is 1. The van der Waals surface area contributed by atoms with Gasteiger partial charge in [0, 0.05) is 23.7 Å². The van der Waals surface area contributed by atoms with E-state index in [1.54, 1.807) is 17.4 Å². The van der Waals surface area contributed by atoms with Crippen molar-refractivity contribution < 1.29 is 9.72 Å². The highest BCUT2D eigenvalue weighted by Crippen LogP contribution is 2.25. The lowest BCUT2D eigenvalue weighted by Crippen LogP contribution is -2.18. The largest absolute Gasteiger partial charge is 0.366 e. The zero-order chi connectivity index (χ0) is 18.0. The Morgan fingerprint density at radius 3 is 2.72 bits per heavy atom. The van der Waals surface area contributed by atoms with Crippen LogP contribution in [0.25, 0.3) is 10.2 Å². The smallest absolute Gasteiger partial charge is 0.274 e. The van der Waals surface area contributed by atoms with Crippen molar-refractivity contribution >= 4 is 33.1 Å². The Morgan fingerprint density at radius 1 is 1.28 bits per heavy atom. The fourth-order valence-corrected chi connectivity index (χ4v) is 3.63. The summed E-state index contributed by atoms with van der Waals surface area (Å²) in [6.45, 7) is 0.944. The number of thiazole rings is 1. The standard InChI is InChI=1S/C17H16N4O3S/c1-20(10-16-19-13-4-2-3-5-15(13)25-16)9-12-7-6-11(17(18)22)8-14(12)21(23)24/h2-8H,9-10H2,1H3,(H2,18,22). The van der Waals surface area contributed by atoms with Crippen LogP contribution in [0, 0.1) is 10.1 Å². The van der Waals surface area contributed by atoms with E-state index in [9.17, 15) is 14.9 Å². The molecule has 2 N–H and O–H groups in total. The molecule has 0 aliphatic rings. The summed E-state index contributed by atoms with van der Waals surface area (Å²) in [7, 11) is 1.87. The molecule has 3 aromatic rings. The summed E-state index contributed by atoms with van der Waals surface area (Å²) < 4.78 is 1.11. The third kappa shape index (κ3) is 3.81. The van der Waals surface area contributed by atoms with Gasteiger partial charge in [-0.1, -0.05) is 18.2 Å². The first-order valence-corrected chi connectivity index (χ1v) is 8.36. The maximum absolute atomic E-state index is 11.3. The van der Waals surface area contributed by atoms with E-state index in [4.69, 9.17) is 5.73 Å². The number of nitro groups is 1. The van der Waals surface area contributed by atoms with Gasteiger partial charge >= 0.3 is 0 Å². The third-order valence-electron chi connectivity index (χ3n) is 3.75. The fourth-order valence-electron chi connectivity index (χ4n) is 2.59. The Hall–Kier alpha value is -2.84. The average Bonchev–Trinajstić information content (AvgIpc) is 2.96. The summed E-state index contributed by atoms with van der Waals surface area (Å²) in [4.78, 5) is 28.5. The van der Waals surface area contributed by atoms with Gasteiger partial charge < -0.3 is 5.73 Å². The summed E-state index contributed by atoms with van der Waals surface area (Å²) in [5, 5.41) is 12.2. The Morgan fingerprint density at radius 2 is 2.04 bits per heavy atom. The number of hydrogen-bond donors (Lipinski definition) is 1. The van der Waals surface area contributed by atoms with Crippen LogP contribution in [0.15, 0.2) is 42.5 Å². The summed E-state index contributed by atoms with van der Waals surface area (Å²) in [5.74, 6) is -0.683. The summed E-state index contributed by atoms with van der Waals surface area (Å²) >= 11 is 1.61. The molecule has 0 aliphatic heterocycles. The minimum absolute atomic E-state index is 0.104. The second-order valence-corrected chi connectivity index (χ2v) is 6.83. The number of hydrogen-bond acceptors (Lipinski definition) is 6. The third-order valence-corrected chi connectivity index (χ3v) is 4.77. The molecule has 0 aliphatic carbocycles. The lowest BCUT2D eigenvalue weighted by atomic mass is 10.1. The van der Waals surface area contributed by atoms with Gasteiger partial charge in [-0.05, 0) is 25.2 Å². The van der Waals surface area contributed by atoms with Crippen molar-refractivity contribution in [3.05, 3.63) is 68.7 Å². The minimum atomic E-state index is -0.683. The minimum Gasteiger partial charge on any atom is -0.366 e. The molecule has 8 heteroatoms. The van der Waals surface area contributed by atoms with E-state index < -0.39 is 10.8 Å². The Kier molecular flexibility index (Phi) is 4.73. The zero-order valence-electron chi connectivity index (χ0n) is 13.5. The summed E-state index contributed by atoms with van der Waals surface area (Å²) in [6.07, 6.45) is 0. The van der Waals surface area contributed by atoms with Crippen LogP contribution in [0.3, 0.4) is 0 Å². The zero-order valence-corrected chi connectivity index (χ0v) is 14.3. The summed E-state index contributed by atoms with van der Waals surface area (Å²) in [6, 6.07) is 12.2. The molecule has 3 rings (SSSR count). The topological polar surface area (TPSA) is 102 Å². The normalized spacial score (nSPS) is 11.1. The van der Waals surface area contributed by atoms with Gasteiger partial charge in [-0.25, -0.2) is 4.98 Å². The molecule has 0 radical (unpaired) electrons. The van der Waals surface area contributed by atoms with Crippen molar-refractivity contribution in [2.45, 2.75) is 13.1 Å². The van der Waals surface area contributed by atoms with Crippen LogP contribution >= 0.6 is 11.3 Å². The summed E-state index contributed by atoms with van der Waals surface area (Å²) in [5.41, 5.74) is 6.70. The number of fused-ring (bicyclic) bond motifs is 1. The van der Waals surface area contributed by atoms with Crippen molar-refractivity contribution in [1.82, 2.24) is 9.88 Å². The second-order valence-electron chi connectivity index (χ2n) is 5.71. The van der Waals surface area contributed by atoms with E-state index in [1.165, 1.54) is 12.1 Å². The quantitative estimate of drug-likeness (QED) is 0.540. The van der Waals surface area contributed by atoms with Crippen molar-refractivity contribution in [3.63, 3.8) is 0 Å². The predicted molar refractivity (Wildman–Crippen MR) is 96.4 cm³/mol. The number of amides is 1. The molecule has 0 unspecified atom stereocenters. The SMILES string of the molecule is CN(Cc1nc2ccccc2s1)Cc1ccc(C(N)=O)cc1[N+](=O)[O-]. The van der Waals surface area contributed by atoms with Gasteiger partial charge in [0.25, 0.3) is 5.69 Å². The Bertz CT molecular complexity index is 921. The van der Waals surface area contributed by atoms with Crippen LogP contribution in [-0.4, -0.2) is 27.8 Å². The monoisotopic (exact) mass is 356 g/mol. The number of nitrogens with two attached hydrogens (primary N) is 1. The molecule has 1 heterocycles. The lowest BCUT2D eigenvalue weighted by Gasteiger charge is -2.15. The maximum Gasteiger partial charge on any atom is 0.274 e. The average molecular weight is 356 g/mol. The van der Waals surface area contributed by atoms with Gasteiger partial charge in [0.1, 0.15) is 5.01 Å². The number of nitrogens with zero attached hydrogens (tertiary/aromatic N) is 3. The van der Waals surface area contributed by atoms with Gasteiger partial charge in [-0.2, -0.15) is 0 Å². The van der Waals surface area contributed by atoms with E-state index in [0.717, 1.165) is 15.2 Å². The van der Waals surface area contributed by atoms with Crippen LogP contribution in [0.4, 0.5) is 5.69 Å². The Balaban J connectivity index is 1.79. The van der Waals surface area contributed by atoms with Crippen molar-refractivity contribution in [3.8, 4) is 0 Å². The van der Waals surface area contributed by atoms with Gasteiger partial charge in [-0.3, -0.25) is 19.8 Å². The molecule has 1 aromatic heterocycles. The highest BCUT2D eigenvalue weighted by atomic mass is 32.1. The van der Waals surface area contributed by atoms with Crippen LogP contribution in [-0.2, 0) is 13.1 Å². The van der Waals surface area contributed by atoms with Gasteiger partial charge in [-0.15, -0.1) is 11.3 Å². The molecular weight excluding hydrogens is 340 g/mol. The molecule has 25 heavy (non-hydrogen) atoms. The van der Waals surface area contributed by atoms with Crippen molar-refractivity contribution in [2.75, 3.05) is 7.05 Å². The number of nitro benzene ring substituents is 1. The van der Waals surface area contributed by atoms with Crippen LogP contribution < -0.4 is 5.73 Å². The maximum atomic E-state index is 11.3. The first-order valence-electron chi connectivity index (χ1n) is 7.54. The molecule has 7 nitrogen and oxygen atoms in total. The van der Waals surface area contributed by atoms with E-state index in [1.807, 2.05) is 36.2 Å². The molecule has 0 fully saturated rings. The number of carbonyl (C=O) groups is 1. The first kappa shape index (κ1) is 17.0. The van der Waals surface area contributed by atoms with Crippen LogP contribution in [0.1, 0.15) is 20.9 Å². The molecule has 2 aromatic carbocycles. The van der Waals surface area contributed by atoms with Gasteiger partial charge in [0.2, 0.25) is 5.91 Å². The highest BCUT2D eigenvalue weighted by molar-refractivity contribution is 7.18. The van der Waals surface area contributed by atoms with E-state index in [-0.39, 0.29) is 11.3 Å². The van der Waals surface area contributed by atoms with Gasteiger partial charge in [0.05, 0.1) is 21.7 Å². The molecule has 1 amide bonds. The molecule has 0 saturated carbocycles. The second kappa shape index (κ2) is 6.96.